The maximum absolute atomic E-state index is 13.3. The van der Waals surface area contributed by atoms with Gasteiger partial charge in [-0.1, -0.05) is 0 Å². The number of benzene rings is 1. The Bertz CT molecular complexity index is 422. The van der Waals surface area contributed by atoms with Gasteiger partial charge in [0.2, 0.25) is 0 Å². The van der Waals surface area contributed by atoms with E-state index in [2.05, 4.69) is 5.32 Å². The summed E-state index contributed by atoms with van der Waals surface area (Å²) >= 11 is 0. The molecule has 1 atom stereocenters. The number of aliphatic hydroxyl groups is 1. The number of unbranched alkanes of at least 4 members (excludes halogenated alkanes) is 1. The van der Waals surface area contributed by atoms with Crippen LogP contribution in [0.3, 0.4) is 0 Å². The third kappa shape index (κ3) is 6.29. The zero-order chi connectivity index (χ0) is 15.2. The molecule has 2 nitrogen and oxygen atoms in total. The number of halogens is 5. The summed E-state index contributed by atoms with van der Waals surface area (Å²) in [5.41, 5.74) is -0.173. The van der Waals surface area contributed by atoms with Crippen molar-refractivity contribution in [2.45, 2.75) is 31.5 Å². The number of nitrogens with one attached hydrogen (secondary N) is 1. The summed E-state index contributed by atoms with van der Waals surface area (Å²) in [6, 6.07) is 2.75. The van der Waals surface area contributed by atoms with Gasteiger partial charge in [0.25, 0.3) is 0 Å². The minimum atomic E-state index is -4.16. The van der Waals surface area contributed by atoms with Crippen molar-refractivity contribution in [3.63, 3.8) is 0 Å². The molecule has 0 spiro atoms. The molecule has 1 aromatic carbocycles. The molecule has 1 rings (SSSR count). The fourth-order valence-electron chi connectivity index (χ4n) is 1.69. The van der Waals surface area contributed by atoms with Crippen molar-refractivity contribution in [2.24, 2.45) is 0 Å². The maximum Gasteiger partial charge on any atom is 0.389 e. The minimum absolute atomic E-state index is 0.0130. The summed E-state index contributed by atoms with van der Waals surface area (Å²) in [5.74, 6) is -1.39. The number of hydrogen-bond donors (Lipinski definition) is 2. The monoisotopic (exact) mass is 297 g/mol. The lowest BCUT2D eigenvalue weighted by Crippen LogP contribution is -2.23. The molecule has 0 saturated heterocycles. The Morgan fingerprint density at radius 2 is 1.85 bits per heavy atom. The molecule has 0 amide bonds. The molecule has 0 aliphatic rings. The van der Waals surface area contributed by atoms with Crippen molar-refractivity contribution in [3.8, 4) is 0 Å². The zero-order valence-corrected chi connectivity index (χ0v) is 10.7. The largest absolute Gasteiger partial charge is 0.389 e. The van der Waals surface area contributed by atoms with Crippen LogP contribution in [0.4, 0.5) is 22.0 Å². The fraction of sp³-hybridized carbons (Fsp3) is 0.538. The van der Waals surface area contributed by atoms with Crippen molar-refractivity contribution in [3.05, 3.63) is 35.4 Å². The van der Waals surface area contributed by atoms with E-state index < -0.39 is 30.3 Å². The maximum atomic E-state index is 13.3. The average molecular weight is 297 g/mol. The first-order valence-electron chi connectivity index (χ1n) is 6.20. The van der Waals surface area contributed by atoms with Crippen LogP contribution in [0.1, 0.15) is 30.9 Å². The molecular formula is C13H16F5NO. The molecule has 0 aliphatic carbocycles. The summed E-state index contributed by atoms with van der Waals surface area (Å²) in [6.45, 7) is 0.219. The standard InChI is InChI=1S/C13H16F5NO/c14-9-3-4-11(15)10(7-9)12(20)8-19-6-2-1-5-13(16,17)18/h3-4,7,12,19-20H,1-2,5-6,8H2. The second-order valence-electron chi connectivity index (χ2n) is 4.46. The number of alkyl halides is 3. The van der Waals surface area contributed by atoms with Gasteiger partial charge in [-0.3, -0.25) is 0 Å². The van der Waals surface area contributed by atoms with Crippen LogP contribution in [-0.4, -0.2) is 24.4 Å². The van der Waals surface area contributed by atoms with E-state index in [9.17, 15) is 27.1 Å². The predicted molar refractivity (Wildman–Crippen MR) is 64.1 cm³/mol. The van der Waals surface area contributed by atoms with E-state index in [0.29, 0.717) is 0 Å². The Kier molecular flexibility index (Phi) is 6.35. The van der Waals surface area contributed by atoms with Gasteiger partial charge >= 0.3 is 6.18 Å². The molecule has 0 fully saturated rings. The SMILES string of the molecule is OC(CNCCCCC(F)(F)F)c1cc(F)ccc1F. The van der Waals surface area contributed by atoms with Crippen LogP contribution < -0.4 is 5.32 Å². The quantitative estimate of drug-likeness (QED) is 0.598. The lowest BCUT2D eigenvalue weighted by molar-refractivity contribution is -0.135. The van der Waals surface area contributed by atoms with Gasteiger partial charge in [-0.15, -0.1) is 0 Å². The molecule has 7 heteroatoms. The Morgan fingerprint density at radius 3 is 2.50 bits per heavy atom. The van der Waals surface area contributed by atoms with Crippen molar-refractivity contribution in [1.29, 1.82) is 0 Å². The van der Waals surface area contributed by atoms with E-state index in [0.717, 1.165) is 18.2 Å². The van der Waals surface area contributed by atoms with Gasteiger partial charge in [0.1, 0.15) is 11.6 Å². The normalized spacial score (nSPS) is 13.5. The van der Waals surface area contributed by atoms with Gasteiger partial charge in [0.05, 0.1) is 6.10 Å². The van der Waals surface area contributed by atoms with Crippen molar-refractivity contribution < 1.29 is 27.1 Å². The lowest BCUT2D eigenvalue weighted by Gasteiger charge is -2.13. The highest BCUT2D eigenvalue weighted by Crippen LogP contribution is 2.22. The van der Waals surface area contributed by atoms with Crippen molar-refractivity contribution >= 4 is 0 Å². The van der Waals surface area contributed by atoms with E-state index in [1.807, 2.05) is 0 Å². The zero-order valence-electron chi connectivity index (χ0n) is 10.7. The van der Waals surface area contributed by atoms with Gasteiger partial charge < -0.3 is 10.4 Å². The Balaban J connectivity index is 2.26. The second kappa shape index (κ2) is 7.54. The van der Waals surface area contributed by atoms with Crippen LogP contribution in [0, 0.1) is 11.6 Å². The van der Waals surface area contributed by atoms with Gasteiger partial charge in [0, 0.05) is 18.5 Å². The van der Waals surface area contributed by atoms with Crippen LogP contribution in [0.25, 0.3) is 0 Å². The first-order chi connectivity index (χ1) is 9.29. The first-order valence-corrected chi connectivity index (χ1v) is 6.20. The van der Waals surface area contributed by atoms with Gasteiger partial charge in [-0.2, -0.15) is 13.2 Å². The third-order valence-electron chi connectivity index (χ3n) is 2.72. The molecule has 1 unspecified atom stereocenters. The molecule has 114 valence electrons. The molecular weight excluding hydrogens is 281 g/mol. The molecule has 0 bridgehead atoms. The number of hydrogen-bond acceptors (Lipinski definition) is 2. The van der Waals surface area contributed by atoms with Gasteiger partial charge in [-0.25, -0.2) is 8.78 Å². The van der Waals surface area contributed by atoms with Crippen LogP contribution >= 0.6 is 0 Å². The van der Waals surface area contributed by atoms with Crippen molar-refractivity contribution in [2.75, 3.05) is 13.1 Å². The third-order valence-corrected chi connectivity index (χ3v) is 2.72. The molecule has 0 radical (unpaired) electrons. The fourth-order valence-corrected chi connectivity index (χ4v) is 1.69. The topological polar surface area (TPSA) is 32.3 Å². The van der Waals surface area contributed by atoms with Crippen LogP contribution in [0.15, 0.2) is 18.2 Å². The van der Waals surface area contributed by atoms with Crippen LogP contribution in [0.2, 0.25) is 0 Å². The molecule has 2 N–H and O–H groups in total. The van der Waals surface area contributed by atoms with Crippen molar-refractivity contribution in [1.82, 2.24) is 5.32 Å². The number of rotatable bonds is 7. The molecule has 0 aliphatic heterocycles. The Morgan fingerprint density at radius 1 is 1.15 bits per heavy atom. The van der Waals surface area contributed by atoms with E-state index >= 15 is 0 Å². The van der Waals surface area contributed by atoms with E-state index in [4.69, 9.17) is 0 Å². The minimum Gasteiger partial charge on any atom is -0.387 e. The molecule has 0 saturated carbocycles. The Labute approximate surface area is 113 Å². The lowest BCUT2D eigenvalue weighted by atomic mass is 10.1. The summed E-state index contributed by atoms with van der Waals surface area (Å²) in [6.07, 6.45) is -5.98. The van der Waals surface area contributed by atoms with Crippen LogP contribution in [0.5, 0.6) is 0 Å². The smallest absolute Gasteiger partial charge is 0.387 e. The highest BCUT2D eigenvalue weighted by Gasteiger charge is 2.25. The molecule has 20 heavy (non-hydrogen) atoms. The van der Waals surface area contributed by atoms with Crippen LogP contribution in [-0.2, 0) is 0 Å². The summed E-state index contributed by atoms with van der Waals surface area (Å²) in [4.78, 5) is 0. The molecule has 0 aromatic heterocycles. The van der Waals surface area contributed by atoms with Gasteiger partial charge in [0.15, 0.2) is 0 Å². The predicted octanol–water partition coefficient (Wildman–Crippen LogP) is 3.32. The number of aliphatic hydroxyl groups excluding tert-OH is 1. The first kappa shape index (κ1) is 16.8. The average Bonchev–Trinajstić information content (AvgIpc) is 2.35. The van der Waals surface area contributed by atoms with E-state index in [1.165, 1.54) is 0 Å². The molecule has 1 aromatic rings. The summed E-state index contributed by atoms with van der Waals surface area (Å²) < 4.78 is 61.8. The molecule has 0 heterocycles. The second-order valence-corrected chi connectivity index (χ2v) is 4.46. The highest BCUT2D eigenvalue weighted by atomic mass is 19.4. The highest BCUT2D eigenvalue weighted by molar-refractivity contribution is 5.21. The van der Waals surface area contributed by atoms with E-state index in [1.54, 1.807) is 0 Å². The van der Waals surface area contributed by atoms with E-state index in [-0.39, 0.29) is 31.5 Å². The summed E-state index contributed by atoms with van der Waals surface area (Å²) in [7, 11) is 0. The van der Waals surface area contributed by atoms with Gasteiger partial charge in [-0.05, 0) is 37.6 Å². The summed E-state index contributed by atoms with van der Waals surface area (Å²) in [5, 5.41) is 12.4. The Hall–Kier alpha value is -1.21.